The number of hydrogen-bond acceptors (Lipinski definition) is 15. The largest absolute Gasteiger partial charge is 0.486 e. The van der Waals surface area contributed by atoms with Crippen molar-refractivity contribution in [3.8, 4) is 56.5 Å². The second kappa shape index (κ2) is 27.8. The molecule has 10 aromatic rings. The minimum atomic E-state index is -0.426. The third kappa shape index (κ3) is 14.4. The van der Waals surface area contributed by atoms with Crippen LogP contribution in [0, 0.1) is 17.5 Å². The number of rotatable bonds is 12. The van der Waals surface area contributed by atoms with Crippen molar-refractivity contribution in [3.63, 3.8) is 0 Å². The number of para-hydroxylation sites is 3. The molecule has 90 heavy (non-hydrogen) atoms. The number of oxazole rings is 1. The Hall–Kier alpha value is -9.69. The Labute approximate surface area is 520 Å². The number of nitrogens with zero attached hydrogens (tertiary/aromatic N) is 9. The van der Waals surface area contributed by atoms with Crippen molar-refractivity contribution < 1.29 is 36.5 Å². The highest BCUT2D eigenvalue weighted by molar-refractivity contribution is 5.86. The first kappa shape index (κ1) is 59.3. The highest BCUT2D eigenvalue weighted by Crippen LogP contribution is 2.41. The summed E-state index contributed by atoms with van der Waals surface area (Å²) in [6.07, 6.45) is 9.26. The predicted octanol–water partition coefficient (Wildman–Crippen LogP) is 11.6. The van der Waals surface area contributed by atoms with Crippen LogP contribution >= 0.6 is 0 Å². The third-order valence-corrected chi connectivity index (χ3v) is 16.8. The van der Waals surface area contributed by atoms with E-state index in [0.717, 1.165) is 183 Å². The van der Waals surface area contributed by atoms with Gasteiger partial charge >= 0.3 is 5.76 Å². The van der Waals surface area contributed by atoms with E-state index in [0.29, 0.717) is 32.0 Å². The van der Waals surface area contributed by atoms with Gasteiger partial charge in [0, 0.05) is 146 Å². The molecule has 460 valence electrons. The standard InChI is InChI=1S/2C24H24FN3O2.C23H21FN4O2/c25-21-6-4-19(5-7-21)20-14-18(15-26-16-20)17-27-8-10-28(11-9-27)22-2-1-3-23-24(22)30-13-12-29-23;25-20-6-4-19(5-7-20)21-16-18(8-9-26-21)17-27-10-12-28(13-11-27)22-2-1-3-23-24(22)30-15-14-29-23;24-19-6-4-17(5-7-19)18-12-16(13-25-14-18)15-27-8-10-28(11-9-27)21-3-1-2-20-22(21)30-23(29)26-20/h1-7,14-16H,8-13,17H2;1-9,16H,10-15,17H2;1-7,12-14H,8-11,15H2,(H,26,29). The number of ether oxygens (including phenoxy) is 4. The second-order valence-electron chi connectivity index (χ2n) is 22.8. The minimum absolute atomic E-state index is 0.225. The maximum atomic E-state index is 13.2. The van der Waals surface area contributed by atoms with Crippen molar-refractivity contribution in [1.29, 1.82) is 0 Å². The molecule has 5 aliphatic rings. The number of H-pyrrole nitrogens is 1. The van der Waals surface area contributed by atoms with Gasteiger partial charge in [-0.3, -0.25) is 34.6 Å². The Kier molecular flexibility index (Phi) is 18.3. The van der Waals surface area contributed by atoms with Crippen molar-refractivity contribution in [2.24, 2.45) is 0 Å². The van der Waals surface area contributed by atoms with Gasteiger partial charge in [0.1, 0.15) is 43.9 Å². The average Bonchev–Trinajstić information content (AvgIpc) is 1.97. The summed E-state index contributed by atoms with van der Waals surface area (Å²) in [5.74, 6) is 2.29. The lowest BCUT2D eigenvalue weighted by molar-refractivity contribution is 0.171. The van der Waals surface area contributed by atoms with Gasteiger partial charge in [0.15, 0.2) is 28.6 Å². The molecule has 16 nitrogen and oxygen atoms in total. The smallest absolute Gasteiger partial charge is 0.417 e. The Morgan fingerprint density at radius 2 is 0.833 bits per heavy atom. The fourth-order valence-electron chi connectivity index (χ4n) is 12.1. The first-order valence-corrected chi connectivity index (χ1v) is 30.6. The van der Waals surface area contributed by atoms with Crippen LogP contribution in [0.15, 0.2) is 192 Å². The highest BCUT2D eigenvalue weighted by Gasteiger charge is 2.27. The summed E-state index contributed by atoms with van der Waals surface area (Å²) >= 11 is 0. The number of aromatic nitrogens is 4. The van der Waals surface area contributed by atoms with E-state index in [-0.39, 0.29) is 17.5 Å². The zero-order valence-electron chi connectivity index (χ0n) is 49.9. The molecule has 1 N–H and O–H groups in total. The molecule has 0 unspecified atom stereocenters. The molecule has 0 spiro atoms. The number of halogens is 3. The van der Waals surface area contributed by atoms with Crippen molar-refractivity contribution in [2.45, 2.75) is 19.6 Å². The van der Waals surface area contributed by atoms with Gasteiger partial charge in [-0.05, 0) is 137 Å². The summed E-state index contributed by atoms with van der Waals surface area (Å²) < 4.78 is 68.1. The van der Waals surface area contributed by atoms with Crippen molar-refractivity contribution >= 4 is 28.2 Å². The van der Waals surface area contributed by atoms with Gasteiger partial charge in [-0.15, -0.1) is 0 Å². The minimum Gasteiger partial charge on any atom is -0.486 e. The van der Waals surface area contributed by atoms with Crippen molar-refractivity contribution in [1.82, 2.24) is 34.6 Å². The maximum absolute atomic E-state index is 13.2. The lowest BCUT2D eigenvalue weighted by Gasteiger charge is -2.37. The topological polar surface area (TPSA) is 141 Å². The first-order valence-electron chi connectivity index (χ1n) is 30.6. The Morgan fingerprint density at radius 1 is 0.411 bits per heavy atom. The summed E-state index contributed by atoms with van der Waals surface area (Å²) in [5.41, 5.74) is 13.8. The summed E-state index contributed by atoms with van der Waals surface area (Å²) in [7, 11) is 0. The van der Waals surface area contributed by atoms with Gasteiger partial charge in [0.05, 0.1) is 28.3 Å². The first-order chi connectivity index (χ1) is 44.2. The molecule has 0 aliphatic carbocycles. The number of fused-ring (bicyclic) bond motifs is 3. The molecule has 9 heterocycles. The third-order valence-electron chi connectivity index (χ3n) is 16.8. The lowest BCUT2D eigenvalue weighted by atomic mass is 10.1. The summed E-state index contributed by atoms with van der Waals surface area (Å²) in [6.45, 7) is 16.0. The normalized spacial score (nSPS) is 16.0. The number of nitrogens with one attached hydrogen (secondary N) is 1. The van der Waals surface area contributed by atoms with E-state index in [1.807, 2.05) is 67.3 Å². The van der Waals surface area contributed by atoms with Crippen LogP contribution in [0.2, 0.25) is 0 Å². The Bertz CT molecular complexity index is 3930. The van der Waals surface area contributed by atoms with Crippen LogP contribution in [0.25, 0.3) is 44.6 Å². The Morgan fingerprint density at radius 3 is 1.32 bits per heavy atom. The molecule has 3 saturated heterocycles. The van der Waals surface area contributed by atoms with E-state index in [2.05, 4.69) is 85.7 Å². The molecule has 0 atom stereocenters. The van der Waals surface area contributed by atoms with Crippen molar-refractivity contribution in [2.75, 3.05) is 120 Å². The van der Waals surface area contributed by atoms with Gasteiger partial charge in [0.25, 0.3) is 0 Å². The molecule has 15 rings (SSSR count). The van der Waals surface area contributed by atoms with Gasteiger partial charge < -0.3 is 38.1 Å². The maximum Gasteiger partial charge on any atom is 0.417 e. The molecule has 0 radical (unpaired) electrons. The van der Waals surface area contributed by atoms with Gasteiger partial charge in [0.2, 0.25) is 0 Å². The van der Waals surface area contributed by atoms with Crippen molar-refractivity contribution in [3.05, 3.63) is 227 Å². The molecule has 5 aliphatic heterocycles. The molecular formula is C71H69F3N10O6. The molecule has 0 saturated carbocycles. The fraction of sp³-hybridized carbons (Fsp3) is 0.268. The molecule has 4 aromatic heterocycles. The van der Waals surface area contributed by atoms with Gasteiger partial charge in [-0.2, -0.15) is 0 Å². The van der Waals surface area contributed by atoms with E-state index < -0.39 is 5.76 Å². The molecule has 0 bridgehead atoms. The summed E-state index contributed by atoms with van der Waals surface area (Å²) in [5, 5.41) is 0. The number of piperazine rings is 3. The average molecular weight is 1220 g/mol. The fourth-order valence-corrected chi connectivity index (χ4v) is 12.1. The van der Waals surface area contributed by atoms with E-state index >= 15 is 0 Å². The van der Waals surface area contributed by atoms with Crippen LogP contribution in [-0.2, 0) is 19.6 Å². The van der Waals surface area contributed by atoms with E-state index in [1.54, 1.807) is 42.6 Å². The van der Waals surface area contributed by atoms with Gasteiger partial charge in [-0.1, -0.05) is 42.5 Å². The SMILES string of the molecule is Fc1ccc(-c2cc(CN3CCN(c4cccc5c4OCCO5)CC3)ccn2)cc1.Fc1ccc(-c2cncc(CN3CCN(c4cccc5c4OCCO5)CC3)c2)cc1.O=c1[nH]c2cccc(N3CCN(Cc4cncc(-c5ccc(F)cc5)c4)CC3)c2o1. The number of pyridine rings is 3. The van der Waals surface area contributed by atoms with Crippen LogP contribution in [-0.4, -0.2) is 140 Å². The number of anilines is 3. The number of benzene rings is 6. The highest BCUT2D eigenvalue weighted by atomic mass is 19.1. The molecule has 19 heteroatoms. The van der Waals surface area contributed by atoms with Crippen LogP contribution in [0.3, 0.4) is 0 Å². The van der Waals surface area contributed by atoms with Gasteiger partial charge in [-0.25, -0.2) is 18.0 Å². The molecule has 3 fully saturated rings. The van der Waals surface area contributed by atoms with E-state index in [1.165, 1.54) is 47.5 Å². The van der Waals surface area contributed by atoms with Crippen LogP contribution < -0.4 is 39.4 Å². The zero-order valence-corrected chi connectivity index (χ0v) is 49.9. The summed E-state index contributed by atoms with van der Waals surface area (Å²) in [4.78, 5) is 41.8. The zero-order chi connectivity index (χ0) is 61.2. The number of hydrogen-bond donors (Lipinski definition) is 1. The van der Waals surface area contributed by atoms with E-state index in [9.17, 15) is 18.0 Å². The number of aromatic amines is 1. The van der Waals surface area contributed by atoms with Crippen LogP contribution in [0.4, 0.5) is 30.2 Å². The second-order valence-corrected chi connectivity index (χ2v) is 22.8. The molecule has 6 aromatic carbocycles. The quantitative estimate of drug-likeness (QED) is 0.124. The molecule has 0 amide bonds. The van der Waals surface area contributed by atoms with Crippen LogP contribution in [0.1, 0.15) is 16.7 Å². The lowest BCUT2D eigenvalue weighted by Crippen LogP contribution is -2.46. The monoisotopic (exact) mass is 1210 g/mol. The summed E-state index contributed by atoms with van der Waals surface area (Å²) in [6, 6.07) is 45.9. The van der Waals surface area contributed by atoms with Crippen LogP contribution in [0.5, 0.6) is 23.0 Å². The predicted molar refractivity (Wildman–Crippen MR) is 343 cm³/mol. The van der Waals surface area contributed by atoms with E-state index in [4.69, 9.17) is 23.4 Å². The Balaban J connectivity index is 0.000000124. The molecular weight excluding hydrogens is 1150 g/mol.